The van der Waals surface area contributed by atoms with Gasteiger partial charge in [-0.3, -0.25) is 0 Å². The normalized spacial score (nSPS) is 10.9. The number of rotatable bonds is 5. The lowest BCUT2D eigenvalue weighted by Gasteiger charge is -2.07. The van der Waals surface area contributed by atoms with E-state index in [2.05, 4.69) is 20.9 Å². The van der Waals surface area contributed by atoms with Crippen molar-refractivity contribution in [1.29, 1.82) is 5.26 Å². The van der Waals surface area contributed by atoms with E-state index < -0.39 is 9.84 Å². The Balaban J connectivity index is 1.97. The molecule has 0 fully saturated rings. The zero-order valence-corrected chi connectivity index (χ0v) is 13.3. The number of halogens is 1. The number of aromatic nitrogens is 1. The first-order chi connectivity index (χ1) is 10.0. The highest BCUT2D eigenvalue weighted by Gasteiger charge is 2.14. The van der Waals surface area contributed by atoms with Crippen LogP contribution in [-0.2, 0) is 9.84 Å². The van der Waals surface area contributed by atoms with Gasteiger partial charge in [-0.1, -0.05) is 0 Å². The second-order valence-electron chi connectivity index (χ2n) is 4.12. The van der Waals surface area contributed by atoms with Crippen molar-refractivity contribution in [1.82, 2.24) is 4.98 Å². The molecule has 0 aliphatic carbocycles. The van der Waals surface area contributed by atoms with E-state index >= 15 is 0 Å². The van der Waals surface area contributed by atoms with Crippen molar-refractivity contribution in [3.8, 4) is 11.8 Å². The fourth-order valence-corrected chi connectivity index (χ4v) is 2.90. The Morgan fingerprint density at radius 2 is 1.90 bits per heavy atom. The summed E-state index contributed by atoms with van der Waals surface area (Å²) in [7, 11) is -3.43. The second-order valence-corrected chi connectivity index (χ2v) is 7.04. The van der Waals surface area contributed by atoms with Gasteiger partial charge in [0.25, 0.3) is 0 Å². The maximum Gasteiger partial charge on any atom is 0.181 e. The Bertz CT molecular complexity index is 750. The lowest BCUT2D eigenvalue weighted by molar-refractivity contribution is 0.339. The Morgan fingerprint density at radius 1 is 1.19 bits per heavy atom. The Kier molecular flexibility index (Phi) is 4.94. The monoisotopic (exact) mass is 366 g/mol. The first-order valence-electron chi connectivity index (χ1n) is 5.98. The van der Waals surface area contributed by atoms with E-state index in [0.717, 1.165) is 0 Å². The van der Waals surface area contributed by atoms with Gasteiger partial charge in [-0.15, -0.1) is 0 Å². The van der Waals surface area contributed by atoms with Crippen LogP contribution in [0.25, 0.3) is 0 Å². The molecule has 2 rings (SSSR count). The third kappa shape index (κ3) is 4.28. The quantitative estimate of drug-likeness (QED) is 0.759. The van der Waals surface area contributed by atoms with Gasteiger partial charge in [-0.2, -0.15) is 5.26 Å². The average molecular weight is 367 g/mol. The zero-order valence-electron chi connectivity index (χ0n) is 10.9. The molecule has 0 spiro atoms. The molecule has 0 aliphatic rings. The number of nitriles is 1. The van der Waals surface area contributed by atoms with Crippen molar-refractivity contribution in [3.63, 3.8) is 0 Å². The zero-order chi connectivity index (χ0) is 15.3. The van der Waals surface area contributed by atoms with Crippen LogP contribution in [0.1, 0.15) is 5.56 Å². The SMILES string of the molecule is N#Cc1ccc(S(=O)(=O)CCOc2ccc(Br)nc2)cc1. The molecule has 0 aliphatic heterocycles. The summed E-state index contributed by atoms with van der Waals surface area (Å²) in [6, 6.07) is 11.2. The maximum atomic E-state index is 12.1. The fraction of sp³-hybridized carbons (Fsp3) is 0.143. The number of nitrogens with zero attached hydrogens (tertiary/aromatic N) is 2. The molecular weight excluding hydrogens is 356 g/mol. The molecule has 1 aromatic heterocycles. The van der Waals surface area contributed by atoms with Gasteiger partial charge in [-0.25, -0.2) is 13.4 Å². The summed E-state index contributed by atoms with van der Waals surface area (Å²) in [5.74, 6) is 0.364. The van der Waals surface area contributed by atoms with E-state index in [1.807, 2.05) is 6.07 Å². The smallest absolute Gasteiger partial charge is 0.181 e. The third-order valence-corrected chi connectivity index (χ3v) is 4.83. The van der Waals surface area contributed by atoms with Gasteiger partial charge >= 0.3 is 0 Å². The van der Waals surface area contributed by atoms with E-state index in [9.17, 15) is 8.42 Å². The van der Waals surface area contributed by atoms with Crippen LogP contribution in [0.4, 0.5) is 0 Å². The second kappa shape index (κ2) is 6.70. The highest BCUT2D eigenvalue weighted by atomic mass is 79.9. The van der Waals surface area contributed by atoms with E-state index in [-0.39, 0.29) is 17.3 Å². The molecule has 0 N–H and O–H groups in total. The van der Waals surface area contributed by atoms with Crippen LogP contribution in [0.15, 0.2) is 52.1 Å². The summed E-state index contributed by atoms with van der Waals surface area (Å²) >= 11 is 3.20. The van der Waals surface area contributed by atoms with Crippen LogP contribution >= 0.6 is 15.9 Å². The number of hydrogen-bond acceptors (Lipinski definition) is 5. The molecule has 5 nitrogen and oxygen atoms in total. The van der Waals surface area contributed by atoms with E-state index in [4.69, 9.17) is 10.00 Å². The number of hydrogen-bond donors (Lipinski definition) is 0. The minimum atomic E-state index is -3.43. The predicted molar refractivity (Wildman–Crippen MR) is 80.6 cm³/mol. The molecule has 0 saturated carbocycles. The molecule has 0 saturated heterocycles. The summed E-state index contributed by atoms with van der Waals surface area (Å²) < 4.78 is 30.2. The molecule has 1 aromatic carbocycles. The van der Waals surface area contributed by atoms with Crippen LogP contribution in [0.2, 0.25) is 0 Å². The number of sulfone groups is 1. The minimum absolute atomic E-state index is 0.0334. The van der Waals surface area contributed by atoms with Crippen molar-refractivity contribution in [2.24, 2.45) is 0 Å². The van der Waals surface area contributed by atoms with Crippen LogP contribution in [-0.4, -0.2) is 25.8 Å². The molecule has 1 heterocycles. The molecule has 108 valence electrons. The van der Waals surface area contributed by atoms with Gasteiger partial charge in [0.15, 0.2) is 9.84 Å². The molecule has 0 amide bonds. The highest BCUT2D eigenvalue weighted by molar-refractivity contribution is 9.10. The average Bonchev–Trinajstić information content (AvgIpc) is 2.49. The van der Waals surface area contributed by atoms with E-state index in [1.165, 1.54) is 30.5 Å². The fourth-order valence-electron chi connectivity index (χ4n) is 1.57. The van der Waals surface area contributed by atoms with Crippen molar-refractivity contribution in [3.05, 3.63) is 52.8 Å². The van der Waals surface area contributed by atoms with Crippen LogP contribution in [0.5, 0.6) is 5.75 Å². The highest BCUT2D eigenvalue weighted by Crippen LogP contribution is 2.15. The van der Waals surface area contributed by atoms with Crippen LogP contribution in [0.3, 0.4) is 0 Å². The first-order valence-corrected chi connectivity index (χ1v) is 8.43. The summed E-state index contributed by atoms with van der Waals surface area (Å²) in [5, 5.41) is 8.69. The van der Waals surface area contributed by atoms with Crippen LogP contribution in [0, 0.1) is 11.3 Å². The lowest BCUT2D eigenvalue weighted by Crippen LogP contribution is -2.14. The third-order valence-electron chi connectivity index (χ3n) is 2.66. The maximum absolute atomic E-state index is 12.1. The van der Waals surface area contributed by atoms with Gasteiger partial charge in [0.1, 0.15) is 17.0 Å². The predicted octanol–water partition coefficient (Wildman–Crippen LogP) is 2.57. The summed E-state index contributed by atoms with van der Waals surface area (Å²) in [6.07, 6.45) is 1.51. The Labute approximate surface area is 131 Å². The molecule has 0 unspecified atom stereocenters. The Hall–Kier alpha value is -1.91. The lowest BCUT2D eigenvalue weighted by atomic mass is 10.2. The van der Waals surface area contributed by atoms with Crippen molar-refractivity contribution >= 4 is 25.8 Å². The summed E-state index contributed by atoms with van der Waals surface area (Å²) in [6.45, 7) is 0.0334. The summed E-state index contributed by atoms with van der Waals surface area (Å²) in [4.78, 5) is 4.16. The van der Waals surface area contributed by atoms with E-state index in [0.29, 0.717) is 15.9 Å². The standard InChI is InChI=1S/C14H11BrN2O3S/c15-14-6-3-12(10-17-14)20-7-8-21(18,19)13-4-1-11(9-16)2-5-13/h1-6,10H,7-8H2. The number of ether oxygens (including phenoxy) is 1. The minimum Gasteiger partial charge on any atom is -0.491 e. The molecule has 7 heteroatoms. The number of pyridine rings is 1. The van der Waals surface area contributed by atoms with Crippen LogP contribution < -0.4 is 4.74 Å². The van der Waals surface area contributed by atoms with Crippen molar-refractivity contribution < 1.29 is 13.2 Å². The topological polar surface area (TPSA) is 80.0 Å². The Morgan fingerprint density at radius 3 is 2.48 bits per heavy atom. The van der Waals surface area contributed by atoms with Crippen molar-refractivity contribution in [2.45, 2.75) is 4.90 Å². The van der Waals surface area contributed by atoms with Gasteiger partial charge < -0.3 is 4.74 Å². The first kappa shape index (κ1) is 15.5. The molecule has 0 radical (unpaired) electrons. The summed E-state index contributed by atoms with van der Waals surface area (Å²) in [5.41, 5.74) is 0.422. The van der Waals surface area contributed by atoms with Gasteiger partial charge in [0, 0.05) is 0 Å². The molecule has 0 atom stereocenters. The van der Waals surface area contributed by atoms with Gasteiger partial charge in [0.05, 0.1) is 28.5 Å². The van der Waals surface area contributed by atoms with Gasteiger partial charge in [-0.05, 0) is 52.3 Å². The molecule has 21 heavy (non-hydrogen) atoms. The molecule has 2 aromatic rings. The molecular formula is C14H11BrN2O3S. The number of benzene rings is 1. The molecule has 0 bridgehead atoms. The largest absolute Gasteiger partial charge is 0.491 e. The van der Waals surface area contributed by atoms with Gasteiger partial charge in [0.2, 0.25) is 0 Å². The van der Waals surface area contributed by atoms with Crippen molar-refractivity contribution in [2.75, 3.05) is 12.4 Å². The van der Waals surface area contributed by atoms with E-state index in [1.54, 1.807) is 12.1 Å².